The van der Waals surface area contributed by atoms with Crippen molar-refractivity contribution in [3.63, 3.8) is 0 Å². The van der Waals surface area contributed by atoms with Crippen LogP contribution in [0.3, 0.4) is 0 Å². The number of carbonyl (C=O) groups is 1. The molecule has 22 heavy (non-hydrogen) atoms. The number of phenols is 1. The Bertz CT molecular complexity index is 548. The van der Waals surface area contributed by atoms with E-state index in [9.17, 15) is 9.90 Å². The van der Waals surface area contributed by atoms with Crippen molar-refractivity contribution < 1.29 is 15.1 Å². The van der Waals surface area contributed by atoms with E-state index >= 15 is 0 Å². The van der Waals surface area contributed by atoms with Crippen LogP contribution in [0.2, 0.25) is 0 Å². The lowest BCUT2D eigenvalue weighted by molar-refractivity contribution is -0.115. The van der Waals surface area contributed by atoms with E-state index in [1.807, 2.05) is 0 Å². The first-order valence-electron chi connectivity index (χ1n) is 7.15. The first-order valence-corrected chi connectivity index (χ1v) is 8.18. The van der Waals surface area contributed by atoms with Crippen LogP contribution in [0.5, 0.6) is 5.75 Å². The Morgan fingerprint density at radius 2 is 1.91 bits per heavy atom. The van der Waals surface area contributed by atoms with Gasteiger partial charge in [-0.2, -0.15) is 25.3 Å². The fourth-order valence-electron chi connectivity index (χ4n) is 2.50. The van der Waals surface area contributed by atoms with E-state index in [0.717, 1.165) is 24.8 Å². The number of phenolic OH excluding ortho intramolecular Hbond substituents is 1. The average Bonchev–Trinajstić information content (AvgIpc) is 2.50. The Kier molecular flexibility index (Phi) is 6.02. The molecule has 0 aromatic heterocycles. The summed E-state index contributed by atoms with van der Waals surface area (Å²) in [5, 5.41) is 24.7. The van der Waals surface area contributed by atoms with Gasteiger partial charge in [0.15, 0.2) is 0 Å². The van der Waals surface area contributed by atoms with Crippen molar-refractivity contribution in [2.24, 2.45) is 5.16 Å². The molecule has 0 spiro atoms. The van der Waals surface area contributed by atoms with Crippen LogP contribution in [-0.4, -0.2) is 38.5 Å². The van der Waals surface area contributed by atoms with Crippen molar-refractivity contribution in [1.29, 1.82) is 0 Å². The number of amides is 1. The van der Waals surface area contributed by atoms with Gasteiger partial charge in [-0.1, -0.05) is 17.3 Å². The largest absolute Gasteiger partial charge is 0.508 e. The Balaban J connectivity index is 1.93. The third kappa shape index (κ3) is 4.58. The molecule has 3 atom stereocenters. The minimum Gasteiger partial charge on any atom is -0.508 e. The predicted octanol–water partition coefficient (Wildman–Crippen LogP) is 2.03. The van der Waals surface area contributed by atoms with Crippen molar-refractivity contribution in [2.45, 2.75) is 42.2 Å². The number of rotatable bonds is 4. The molecular formula is C15H20N2O3S2. The Morgan fingerprint density at radius 1 is 1.23 bits per heavy atom. The van der Waals surface area contributed by atoms with Crippen molar-refractivity contribution in [1.82, 2.24) is 5.32 Å². The van der Waals surface area contributed by atoms with E-state index in [0.29, 0.717) is 0 Å². The summed E-state index contributed by atoms with van der Waals surface area (Å²) < 4.78 is 0. The molecule has 7 heteroatoms. The number of benzene rings is 1. The number of carbonyl (C=O) groups excluding carboxylic acids is 1. The summed E-state index contributed by atoms with van der Waals surface area (Å²) >= 11 is 8.92. The van der Waals surface area contributed by atoms with E-state index in [4.69, 9.17) is 5.21 Å². The smallest absolute Gasteiger partial charge is 0.269 e. The summed E-state index contributed by atoms with van der Waals surface area (Å²) in [7, 11) is 0. The second kappa shape index (κ2) is 7.78. The number of hydrogen-bond donors (Lipinski definition) is 5. The first kappa shape index (κ1) is 17.0. The lowest BCUT2D eigenvalue weighted by atomic mass is 9.94. The van der Waals surface area contributed by atoms with Gasteiger partial charge in [0.1, 0.15) is 11.5 Å². The van der Waals surface area contributed by atoms with Crippen LogP contribution in [-0.2, 0) is 11.2 Å². The Labute approximate surface area is 140 Å². The fraction of sp³-hybridized carbons (Fsp3) is 0.467. The number of aromatic hydroxyl groups is 1. The normalized spacial score (nSPS) is 25.7. The minimum absolute atomic E-state index is 0.0231. The zero-order chi connectivity index (χ0) is 16.1. The zero-order valence-corrected chi connectivity index (χ0v) is 13.8. The number of nitrogens with one attached hydrogen (secondary N) is 1. The van der Waals surface area contributed by atoms with E-state index in [1.165, 1.54) is 12.1 Å². The molecule has 3 N–H and O–H groups in total. The molecule has 0 saturated heterocycles. The van der Waals surface area contributed by atoms with Gasteiger partial charge in [-0.25, -0.2) is 0 Å². The molecule has 1 aliphatic carbocycles. The molecule has 0 radical (unpaired) electrons. The highest BCUT2D eigenvalue weighted by Crippen LogP contribution is 2.27. The standard InChI is InChI=1S/C15H20N2O3S2/c18-11-4-1-9(2-5-11)7-12(17-20)15(19)16-10-3-6-13(21)14(22)8-10/h1-2,4-5,10,13-14,18,20-22H,3,6-8H2,(H,16,19)/b17-12+. The molecule has 120 valence electrons. The van der Waals surface area contributed by atoms with Crippen molar-refractivity contribution >= 4 is 36.9 Å². The van der Waals surface area contributed by atoms with Crippen molar-refractivity contribution in [3.8, 4) is 5.75 Å². The molecule has 0 bridgehead atoms. The van der Waals surface area contributed by atoms with E-state index < -0.39 is 0 Å². The van der Waals surface area contributed by atoms with Crippen molar-refractivity contribution in [2.75, 3.05) is 0 Å². The summed E-state index contributed by atoms with van der Waals surface area (Å²) in [6.45, 7) is 0. The van der Waals surface area contributed by atoms with Crippen LogP contribution in [0.1, 0.15) is 24.8 Å². The Morgan fingerprint density at radius 3 is 2.50 bits per heavy atom. The van der Waals surface area contributed by atoms with Crippen LogP contribution >= 0.6 is 25.3 Å². The molecule has 1 aliphatic rings. The molecule has 1 aromatic rings. The summed E-state index contributed by atoms with van der Waals surface area (Å²) in [6, 6.07) is 6.45. The molecule has 1 saturated carbocycles. The molecule has 0 aliphatic heterocycles. The number of oxime groups is 1. The maximum atomic E-state index is 12.2. The highest BCUT2D eigenvalue weighted by molar-refractivity contribution is 7.85. The molecular weight excluding hydrogens is 320 g/mol. The molecule has 1 fully saturated rings. The lowest BCUT2D eigenvalue weighted by Crippen LogP contribution is -2.44. The van der Waals surface area contributed by atoms with Crippen LogP contribution in [0.4, 0.5) is 0 Å². The van der Waals surface area contributed by atoms with Gasteiger partial charge in [-0.05, 0) is 37.0 Å². The lowest BCUT2D eigenvalue weighted by Gasteiger charge is -2.31. The molecule has 3 unspecified atom stereocenters. The summed E-state index contributed by atoms with van der Waals surface area (Å²) in [5.74, 6) is -0.224. The summed E-state index contributed by atoms with van der Waals surface area (Å²) in [6.07, 6.45) is 2.69. The summed E-state index contributed by atoms with van der Waals surface area (Å²) in [5.41, 5.74) is 0.835. The third-order valence-corrected chi connectivity index (χ3v) is 5.23. The van der Waals surface area contributed by atoms with Gasteiger partial charge < -0.3 is 15.6 Å². The maximum absolute atomic E-state index is 12.2. The number of hydrogen-bond acceptors (Lipinski definition) is 6. The molecule has 2 rings (SSSR count). The molecule has 0 heterocycles. The number of thiol groups is 2. The second-order valence-corrected chi connectivity index (χ2v) is 6.83. The van der Waals surface area contributed by atoms with Crippen molar-refractivity contribution in [3.05, 3.63) is 29.8 Å². The highest BCUT2D eigenvalue weighted by Gasteiger charge is 2.27. The molecule has 1 aromatic carbocycles. The van der Waals surface area contributed by atoms with Gasteiger partial charge >= 0.3 is 0 Å². The SMILES string of the molecule is O=C(NC1CCC(S)C(S)C1)/C(Cc1ccc(O)cc1)=N/O. The van der Waals surface area contributed by atoms with Gasteiger partial charge in [0, 0.05) is 23.0 Å². The topological polar surface area (TPSA) is 81.9 Å². The van der Waals surface area contributed by atoms with Crippen LogP contribution in [0.15, 0.2) is 29.4 Å². The molecule has 1 amide bonds. The number of nitrogens with zero attached hydrogens (tertiary/aromatic N) is 1. The third-order valence-electron chi connectivity index (χ3n) is 3.81. The highest BCUT2D eigenvalue weighted by atomic mass is 32.1. The van der Waals surface area contributed by atoms with Crippen LogP contribution in [0, 0.1) is 0 Å². The van der Waals surface area contributed by atoms with Gasteiger partial charge in [0.2, 0.25) is 0 Å². The zero-order valence-electron chi connectivity index (χ0n) is 12.0. The van der Waals surface area contributed by atoms with E-state index in [2.05, 4.69) is 35.7 Å². The van der Waals surface area contributed by atoms with Gasteiger partial charge in [-0.15, -0.1) is 0 Å². The minimum atomic E-state index is -0.376. The Hall–Kier alpha value is -1.34. The van der Waals surface area contributed by atoms with Gasteiger partial charge in [-0.3, -0.25) is 4.79 Å². The fourth-order valence-corrected chi connectivity index (χ4v) is 3.17. The van der Waals surface area contributed by atoms with E-state index in [1.54, 1.807) is 12.1 Å². The average molecular weight is 340 g/mol. The van der Waals surface area contributed by atoms with Crippen LogP contribution in [0.25, 0.3) is 0 Å². The van der Waals surface area contributed by atoms with Gasteiger partial charge in [0.25, 0.3) is 5.91 Å². The van der Waals surface area contributed by atoms with E-state index in [-0.39, 0.29) is 40.3 Å². The second-order valence-electron chi connectivity index (χ2n) is 5.51. The quantitative estimate of drug-likeness (QED) is 0.252. The monoisotopic (exact) mass is 340 g/mol. The first-order chi connectivity index (χ1) is 10.5. The maximum Gasteiger partial charge on any atom is 0.269 e. The predicted molar refractivity (Wildman–Crippen MR) is 92.4 cm³/mol. The van der Waals surface area contributed by atoms with Gasteiger partial charge in [0.05, 0.1) is 0 Å². The summed E-state index contributed by atoms with van der Waals surface area (Å²) in [4.78, 5) is 12.2. The molecule has 5 nitrogen and oxygen atoms in total. The van der Waals surface area contributed by atoms with Crippen LogP contribution < -0.4 is 5.32 Å².